The fourth-order valence-electron chi connectivity index (χ4n) is 3.49. The van der Waals surface area contributed by atoms with Gasteiger partial charge < -0.3 is 15.5 Å². The van der Waals surface area contributed by atoms with Crippen molar-refractivity contribution in [3.63, 3.8) is 0 Å². The molecular formula is C19H26N4O3. The molecule has 1 aliphatic heterocycles. The summed E-state index contributed by atoms with van der Waals surface area (Å²) in [5.74, 6) is -0.231. The molecule has 2 fully saturated rings. The fraction of sp³-hybridized carbons (Fsp3) is 0.526. The molecule has 140 valence electrons. The Hall–Kier alpha value is -2.57. The number of carbonyl (C=O) groups excluding carboxylic acids is 3. The molecule has 2 aliphatic rings. The van der Waals surface area contributed by atoms with Gasteiger partial charge in [-0.3, -0.25) is 14.9 Å². The average molecular weight is 358 g/mol. The molecule has 0 aromatic heterocycles. The second kappa shape index (κ2) is 8.21. The molecule has 7 heteroatoms. The van der Waals surface area contributed by atoms with E-state index in [1.165, 1.54) is 0 Å². The summed E-state index contributed by atoms with van der Waals surface area (Å²) in [4.78, 5) is 37.6. The van der Waals surface area contributed by atoms with Gasteiger partial charge in [-0.2, -0.15) is 0 Å². The van der Waals surface area contributed by atoms with E-state index in [0.29, 0.717) is 6.42 Å². The largest absolute Gasteiger partial charge is 0.374 e. The Balaban J connectivity index is 1.48. The molecule has 1 aromatic rings. The van der Waals surface area contributed by atoms with Gasteiger partial charge in [0.1, 0.15) is 6.04 Å². The topological polar surface area (TPSA) is 90.5 Å². The number of nitrogens with zero attached hydrogens (tertiary/aromatic N) is 1. The maximum absolute atomic E-state index is 12.2. The minimum Gasteiger partial charge on any atom is -0.374 e. The monoisotopic (exact) mass is 358 g/mol. The van der Waals surface area contributed by atoms with Crippen LogP contribution in [0.15, 0.2) is 24.3 Å². The van der Waals surface area contributed by atoms with Crippen LogP contribution in [0.1, 0.15) is 45.4 Å². The number of hydrogen-bond acceptors (Lipinski definition) is 4. The highest BCUT2D eigenvalue weighted by Crippen LogP contribution is 2.23. The summed E-state index contributed by atoms with van der Waals surface area (Å²) in [5, 5.41) is 8.29. The van der Waals surface area contributed by atoms with Crippen LogP contribution in [0, 0.1) is 0 Å². The first-order valence-corrected chi connectivity index (χ1v) is 9.31. The molecule has 26 heavy (non-hydrogen) atoms. The molecule has 0 spiro atoms. The average Bonchev–Trinajstić information content (AvgIpc) is 3.27. The summed E-state index contributed by atoms with van der Waals surface area (Å²) < 4.78 is 0. The van der Waals surface area contributed by atoms with Crippen LogP contribution in [0.2, 0.25) is 0 Å². The third-order valence-corrected chi connectivity index (χ3v) is 4.96. The standard InChI is InChI=1S/C19H26N4O3/c1-13(18(25)22-19(26)21-14-5-2-3-6-14)20-15-8-10-16(11-9-15)23-12-4-7-17(23)24/h8-11,13-14,20H,2-7,12H2,1H3,(H2,21,22,25,26). The van der Waals surface area contributed by atoms with Gasteiger partial charge in [0.15, 0.2) is 0 Å². The van der Waals surface area contributed by atoms with Crippen LogP contribution < -0.4 is 20.9 Å². The highest BCUT2D eigenvalue weighted by atomic mass is 16.2. The van der Waals surface area contributed by atoms with E-state index in [2.05, 4.69) is 16.0 Å². The zero-order valence-corrected chi connectivity index (χ0v) is 15.1. The predicted octanol–water partition coefficient (Wildman–Crippen LogP) is 2.38. The van der Waals surface area contributed by atoms with Crippen LogP contribution in [0.4, 0.5) is 16.2 Å². The molecule has 1 aromatic carbocycles. The summed E-state index contributed by atoms with van der Waals surface area (Å²) in [5.41, 5.74) is 1.63. The molecule has 7 nitrogen and oxygen atoms in total. The zero-order chi connectivity index (χ0) is 18.5. The minimum atomic E-state index is -0.552. The van der Waals surface area contributed by atoms with Gasteiger partial charge in [-0.1, -0.05) is 12.8 Å². The van der Waals surface area contributed by atoms with Gasteiger partial charge in [0, 0.05) is 30.4 Å². The Morgan fingerprint density at radius 1 is 1.12 bits per heavy atom. The molecule has 1 saturated heterocycles. The van der Waals surface area contributed by atoms with E-state index >= 15 is 0 Å². The maximum atomic E-state index is 12.2. The van der Waals surface area contributed by atoms with Crippen LogP contribution in [-0.4, -0.2) is 36.5 Å². The minimum absolute atomic E-state index is 0.145. The molecule has 1 saturated carbocycles. The number of amides is 4. The van der Waals surface area contributed by atoms with Gasteiger partial charge in [0.2, 0.25) is 11.8 Å². The van der Waals surface area contributed by atoms with Crippen molar-refractivity contribution in [3.05, 3.63) is 24.3 Å². The molecule has 1 heterocycles. The van der Waals surface area contributed by atoms with Crippen molar-refractivity contribution < 1.29 is 14.4 Å². The number of urea groups is 1. The molecule has 4 amide bonds. The lowest BCUT2D eigenvalue weighted by atomic mass is 10.2. The van der Waals surface area contributed by atoms with Crippen LogP contribution in [0.3, 0.4) is 0 Å². The summed E-state index contributed by atoms with van der Waals surface area (Å²) in [6.07, 6.45) is 5.67. The van der Waals surface area contributed by atoms with E-state index in [1.807, 2.05) is 24.3 Å². The third-order valence-electron chi connectivity index (χ3n) is 4.96. The highest BCUT2D eigenvalue weighted by molar-refractivity contribution is 5.98. The van der Waals surface area contributed by atoms with Crippen LogP contribution in [0.25, 0.3) is 0 Å². The van der Waals surface area contributed by atoms with E-state index in [1.54, 1.807) is 11.8 Å². The number of benzene rings is 1. The first-order chi connectivity index (χ1) is 12.5. The summed E-state index contributed by atoms with van der Waals surface area (Å²) in [6.45, 7) is 2.45. The maximum Gasteiger partial charge on any atom is 0.321 e. The number of carbonyl (C=O) groups is 3. The number of nitrogens with one attached hydrogen (secondary N) is 3. The second-order valence-corrected chi connectivity index (χ2v) is 7.01. The van der Waals surface area contributed by atoms with Gasteiger partial charge in [0.05, 0.1) is 0 Å². The van der Waals surface area contributed by atoms with E-state index in [0.717, 1.165) is 50.0 Å². The molecule has 3 rings (SSSR count). The van der Waals surface area contributed by atoms with Crippen molar-refractivity contribution in [2.24, 2.45) is 0 Å². The Morgan fingerprint density at radius 3 is 2.42 bits per heavy atom. The van der Waals surface area contributed by atoms with Gasteiger partial charge in [-0.25, -0.2) is 4.79 Å². The second-order valence-electron chi connectivity index (χ2n) is 7.01. The van der Waals surface area contributed by atoms with Gasteiger partial charge in [-0.15, -0.1) is 0 Å². The zero-order valence-electron chi connectivity index (χ0n) is 15.1. The van der Waals surface area contributed by atoms with Crippen LogP contribution >= 0.6 is 0 Å². The van der Waals surface area contributed by atoms with Crippen molar-refractivity contribution in [2.45, 2.75) is 57.5 Å². The molecule has 1 atom stereocenters. The SMILES string of the molecule is CC(Nc1ccc(N2CCCC2=O)cc1)C(=O)NC(=O)NC1CCCC1. The Kier molecular flexibility index (Phi) is 5.75. The number of anilines is 2. The van der Waals surface area contributed by atoms with E-state index in [9.17, 15) is 14.4 Å². The van der Waals surface area contributed by atoms with E-state index in [4.69, 9.17) is 0 Å². The Bertz CT molecular complexity index is 668. The lowest BCUT2D eigenvalue weighted by Gasteiger charge is -2.18. The lowest BCUT2D eigenvalue weighted by Crippen LogP contribution is -2.48. The van der Waals surface area contributed by atoms with Crippen molar-refractivity contribution in [2.75, 3.05) is 16.8 Å². The number of rotatable bonds is 5. The summed E-state index contributed by atoms with van der Waals surface area (Å²) in [7, 11) is 0. The van der Waals surface area contributed by atoms with Gasteiger partial charge in [0.25, 0.3) is 0 Å². The van der Waals surface area contributed by atoms with Crippen molar-refractivity contribution in [1.82, 2.24) is 10.6 Å². The summed E-state index contributed by atoms with van der Waals surface area (Å²) >= 11 is 0. The molecule has 0 radical (unpaired) electrons. The summed E-state index contributed by atoms with van der Waals surface area (Å²) in [6, 6.07) is 6.59. The number of hydrogen-bond donors (Lipinski definition) is 3. The Morgan fingerprint density at radius 2 is 1.81 bits per heavy atom. The van der Waals surface area contributed by atoms with Crippen molar-refractivity contribution in [1.29, 1.82) is 0 Å². The normalized spacial score (nSPS) is 18.7. The van der Waals surface area contributed by atoms with Crippen LogP contribution in [-0.2, 0) is 9.59 Å². The first kappa shape index (κ1) is 18.2. The van der Waals surface area contributed by atoms with E-state index in [-0.39, 0.29) is 17.9 Å². The molecule has 1 unspecified atom stereocenters. The van der Waals surface area contributed by atoms with Crippen LogP contribution in [0.5, 0.6) is 0 Å². The molecular weight excluding hydrogens is 332 g/mol. The first-order valence-electron chi connectivity index (χ1n) is 9.31. The highest BCUT2D eigenvalue weighted by Gasteiger charge is 2.22. The number of imide groups is 1. The molecule has 0 bridgehead atoms. The lowest BCUT2D eigenvalue weighted by molar-refractivity contribution is -0.120. The molecule has 1 aliphatic carbocycles. The van der Waals surface area contributed by atoms with Gasteiger partial charge in [-0.05, 0) is 50.5 Å². The quantitative estimate of drug-likeness (QED) is 0.754. The molecule has 3 N–H and O–H groups in total. The smallest absolute Gasteiger partial charge is 0.321 e. The Labute approximate surface area is 153 Å². The van der Waals surface area contributed by atoms with Crippen molar-refractivity contribution in [3.8, 4) is 0 Å². The predicted molar refractivity (Wildman–Crippen MR) is 100 cm³/mol. The third kappa shape index (κ3) is 4.53. The fourth-order valence-corrected chi connectivity index (χ4v) is 3.49. The van der Waals surface area contributed by atoms with Gasteiger partial charge >= 0.3 is 6.03 Å². The van der Waals surface area contributed by atoms with Crippen molar-refractivity contribution >= 4 is 29.2 Å². The van der Waals surface area contributed by atoms with E-state index < -0.39 is 12.1 Å².